The fourth-order valence-corrected chi connectivity index (χ4v) is 2.08. The van der Waals surface area contributed by atoms with Gasteiger partial charge in [-0.05, 0) is 30.1 Å². The second-order valence-corrected chi connectivity index (χ2v) is 7.21. The molecule has 0 heterocycles. The van der Waals surface area contributed by atoms with E-state index in [9.17, 15) is 13.2 Å². The molecular weight excluding hydrogens is 249 g/mol. The van der Waals surface area contributed by atoms with Crippen molar-refractivity contribution in [2.24, 2.45) is 17.3 Å². The molecule has 0 bridgehead atoms. The molecule has 0 nitrogen and oxygen atoms in total. The van der Waals surface area contributed by atoms with Gasteiger partial charge in [0.2, 0.25) is 5.92 Å². The molecule has 116 valence electrons. The SMILES string of the molecule is CC(C)(C)C1CC(F)(F)C1.CC1CC(F)C1.CCC. The van der Waals surface area contributed by atoms with Crippen molar-refractivity contribution in [1.82, 2.24) is 0 Å². The van der Waals surface area contributed by atoms with Gasteiger partial charge >= 0.3 is 0 Å². The molecule has 0 amide bonds. The molecule has 0 radical (unpaired) electrons. The minimum absolute atomic E-state index is 0.0711. The van der Waals surface area contributed by atoms with E-state index in [1.54, 1.807) is 0 Å². The molecule has 19 heavy (non-hydrogen) atoms. The number of alkyl halides is 3. The van der Waals surface area contributed by atoms with Crippen LogP contribution in [0.15, 0.2) is 0 Å². The first-order valence-electron chi connectivity index (χ1n) is 7.53. The van der Waals surface area contributed by atoms with Crippen molar-refractivity contribution >= 4 is 0 Å². The molecule has 0 unspecified atom stereocenters. The molecule has 2 rings (SSSR count). The maximum Gasteiger partial charge on any atom is 0.248 e. The molecule has 0 spiro atoms. The Morgan fingerprint density at radius 2 is 1.42 bits per heavy atom. The summed E-state index contributed by atoms with van der Waals surface area (Å²) >= 11 is 0. The largest absolute Gasteiger partial charge is 0.248 e. The Labute approximate surface area is 117 Å². The maximum absolute atomic E-state index is 12.3. The lowest BCUT2D eigenvalue weighted by Gasteiger charge is -2.43. The summed E-state index contributed by atoms with van der Waals surface area (Å²) in [6.45, 7) is 12.4. The average Bonchev–Trinajstić information content (AvgIpc) is 2.13. The Morgan fingerprint density at radius 1 is 1.05 bits per heavy atom. The van der Waals surface area contributed by atoms with Gasteiger partial charge in [0.05, 0.1) is 0 Å². The number of rotatable bonds is 0. The van der Waals surface area contributed by atoms with Gasteiger partial charge in [0, 0.05) is 12.8 Å². The second-order valence-electron chi connectivity index (χ2n) is 7.21. The summed E-state index contributed by atoms with van der Waals surface area (Å²) in [6.07, 6.45) is 2.59. The standard InChI is InChI=1S/C8H14F2.C5H9F.C3H8/c1-7(2,3)6-4-8(9,10)5-6;1-4-2-5(6)3-4;1-3-2/h6H,4-5H2,1-3H3;4-5H,2-3H2,1H3;3H2,1-2H3. The van der Waals surface area contributed by atoms with Crippen LogP contribution in [0.4, 0.5) is 13.2 Å². The van der Waals surface area contributed by atoms with Gasteiger partial charge in [-0.3, -0.25) is 0 Å². The highest BCUT2D eigenvalue weighted by Crippen LogP contribution is 2.50. The first kappa shape index (κ1) is 18.8. The highest BCUT2D eigenvalue weighted by molar-refractivity contribution is 4.92. The van der Waals surface area contributed by atoms with Crippen molar-refractivity contribution in [3.63, 3.8) is 0 Å². The summed E-state index contributed by atoms with van der Waals surface area (Å²) < 4.78 is 36.4. The van der Waals surface area contributed by atoms with Crippen LogP contribution in [0.25, 0.3) is 0 Å². The zero-order valence-electron chi connectivity index (χ0n) is 13.4. The third kappa shape index (κ3) is 7.84. The van der Waals surface area contributed by atoms with Crippen LogP contribution in [-0.2, 0) is 0 Å². The maximum atomic E-state index is 12.3. The topological polar surface area (TPSA) is 0 Å². The van der Waals surface area contributed by atoms with E-state index in [1.165, 1.54) is 6.42 Å². The van der Waals surface area contributed by atoms with Crippen molar-refractivity contribution in [3.8, 4) is 0 Å². The van der Waals surface area contributed by atoms with Gasteiger partial charge < -0.3 is 0 Å². The highest BCUT2D eigenvalue weighted by atomic mass is 19.3. The van der Waals surface area contributed by atoms with Crippen LogP contribution in [0.5, 0.6) is 0 Å². The fraction of sp³-hybridized carbons (Fsp3) is 1.00. The molecule has 0 atom stereocenters. The van der Waals surface area contributed by atoms with Crippen LogP contribution < -0.4 is 0 Å². The van der Waals surface area contributed by atoms with Crippen molar-refractivity contribution in [2.75, 3.05) is 0 Å². The highest BCUT2D eigenvalue weighted by Gasteiger charge is 2.49. The first-order chi connectivity index (χ1) is 8.51. The van der Waals surface area contributed by atoms with E-state index in [0.29, 0.717) is 5.92 Å². The van der Waals surface area contributed by atoms with Crippen molar-refractivity contribution in [3.05, 3.63) is 0 Å². The van der Waals surface area contributed by atoms with E-state index >= 15 is 0 Å². The van der Waals surface area contributed by atoms with Gasteiger partial charge in [-0.15, -0.1) is 0 Å². The second kappa shape index (κ2) is 7.54. The molecule has 2 fully saturated rings. The first-order valence-corrected chi connectivity index (χ1v) is 7.53. The molecule has 0 aromatic heterocycles. The van der Waals surface area contributed by atoms with Gasteiger partial charge in [-0.2, -0.15) is 0 Å². The molecule has 0 aromatic carbocycles. The molecule has 2 aliphatic carbocycles. The van der Waals surface area contributed by atoms with Crippen LogP contribution in [-0.4, -0.2) is 12.1 Å². The summed E-state index contributed by atoms with van der Waals surface area (Å²) in [6, 6.07) is 0. The van der Waals surface area contributed by atoms with Crippen molar-refractivity contribution in [2.45, 2.75) is 85.7 Å². The monoisotopic (exact) mass is 280 g/mol. The zero-order chi connectivity index (χ0) is 15.3. The van der Waals surface area contributed by atoms with Crippen LogP contribution in [0, 0.1) is 17.3 Å². The van der Waals surface area contributed by atoms with Crippen LogP contribution in [0.1, 0.15) is 73.6 Å². The summed E-state index contributed by atoms with van der Waals surface area (Å²) in [7, 11) is 0. The Morgan fingerprint density at radius 3 is 1.47 bits per heavy atom. The van der Waals surface area contributed by atoms with E-state index in [4.69, 9.17) is 0 Å². The minimum atomic E-state index is -2.35. The third-order valence-corrected chi connectivity index (χ3v) is 3.63. The van der Waals surface area contributed by atoms with Gasteiger partial charge in [0.1, 0.15) is 6.17 Å². The van der Waals surface area contributed by atoms with Gasteiger partial charge in [0.25, 0.3) is 0 Å². The summed E-state index contributed by atoms with van der Waals surface area (Å²) in [5, 5.41) is 0. The van der Waals surface area contributed by atoms with Crippen molar-refractivity contribution < 1.29 is 13.2 Å². The number of hydrogen-bond donors (Lipinski definition) is 0. The molecule has 0 aromatic rings. The molecular formula is C16H31F3. The normalized spacial score (nSPS) is 28.9. The quantitative estimate of drug-likeness (QED) is 0.492. The lowest BCUT2D eigenvalue weighted by Crippen LogP contribution is -2.42. The van der Waals surface area contributed by atoms with E-state index in [2.05, 4.69) is 20.8 Å². The van der Waals surface area contributed by atoms with Crippen LogP contribution >= 0.6 is 0 Å². The van der Waals surface area contributed by atoms with Gasteiger partial charge in [-0.25, -0.2) is 13.2 Å². The Balaban J connectivity index is 0.000000306. The third-order valence-electron chi connectivity index (χ3n) is 3.63. The minimum Gasteiger partial charge on any atom is -0.247 e. The van der Waals surface area contributed by atoms with Gasteiger partial charge in [0.15, 0.2) is 0 Å². The van der Waals surface area contributed by atoms with Crippen molar-refractivity contribution in [1.29, 1.82) is 0 Å². The average molecular weight is 280 g/mol. The van der Waals surface area contributed by atoms with Gasteiger partial charge in [-0.1, -0.05) is 48.0 Å². The molecule has 0 N–H and O–H groups in total. The Bertz CT molecular complexity index is 223. The zero-order valence-corrected chi connectivity index (χ0v) is 13.4. The predicted octanol–water partition coefficient (Wildman–Crippen LogP) is 6.25. The smallest absolute Gasteiger partial charge is 0.247 e. The van der Waals surface area contributed by atoms with E-state index in [-0.39, 0.29) is 24.2 Å². The molecule has 3 heteroatoms. The van der Waals surface area contributed by atoms with E-state index in [0.717, 1.165) is 12.8 Å². The van der Waals surface area contributed by atoms with Crippen LogP contribution in [0.3, 0.4) is 0 Å². The Hall–Kier alpha value is -0.210. The molecule has 2 saturated carbocycles. The molecule has 0 aliphatic heterocycles. The number of halogens is 3. The van der Waals surface area contributed by atoms with Crippen LogP contribution in [0.2, 0.25) is 0 Å². The number of hydrogen-bond acceptors (Lipinski definition) is 0. The summed E-state index contributed by atoms with van der Waals surface area (Å²) in [4.78, 5) is 0. The summed E-state index contributed by atoms with van der Waals surface area (Å²) in [5.41, 5.74) is 0.0711. The fourth-order valence-electron chi connectivity index (χ4n) is 2.08. The summed E-state index contributed by atoms with van der Waals surface area (Å²) in [5.74, 6) is -1.46. The predicted molar refractivity (Wildman–Crippen MR) is 76.4 cm³/mol. The molecule has 2 aliphatic rings. The Kier molecular flexibility index (Phi) is 7.46. The van der Waals surface area contributed by atoms with E-state index < -0.39 is 12.1 Å². The molecule has 0 saturated heterocycles. The van der Waals surface area contributed by atoms with E-state index in [1.807, 2.05) is 20.8 Å². The lowest BCUT2D eigenvalue weighted by molar-refractivity contribution is -0.138. The lowest BCUT2D eigenvalue weighted by atomic mass is 9.66.